The molecule has 1 aliphatic carbocycles. The minimum Gasteiger partial charge on any atom is -0.404 e. The molecule has 0 spiro atoms. The van der Waals surface area contributed by atoms with Gasteiger partial charge in [-0.1, -0.05) is 0 Å². The van der Waals surface area contributed by atoms with Gasteiger partial charge in [0.1, 0.15) is 4.60 Å². The fourth-order valence-electron chi connectivity index (χ4n) is 1.20. The van der Waals surface area contributed by atoms with Gasteiger partial charge >= 0.3 is 0 Å². The Kier molecular flexibility index (Phi) is 2.31. The quantitative estimate of drug-likeness (QED) is 0.805. The average molecular weight is 240 g/mol. The van der Waals surface area contributed by atoms with E-state index in [2.05, 4.69) is 25.9 Å². The van der Waals surface area contributed by atoms with Gasteiger partial charge in [-0.25, -0.2) is 9.97 Å². The molecule has 13 heavy (non-hydrogen) atoms. The predicted octanol–water partition coefficient (Wildman–Crippen LogP) is 2.05. The molecule has 0 amide bonds. The van der Waals surface area contributed by atoms with Crippen LogP contribution in [0.4, 0.5) is 0 Å². The molecule has 2 N–H and O–H groups in total. The minimum atomic E-state index is 0.643. The molecule has 2 rings (SSSR count). The predicted molar refractivity (Wildman–Crippen MR) is 54.9 cm³/mol. The lowest BCUT2D eigenvalue weighted by Gasteiger charge is -1.99. The number of halogens is 1. The molecule has 1 aromatic heterocycles. The van der Waals surface area contributed by atoms with Crippen molar-refractivity contribution in [1.29, 1.82) is 0 Å². The van der Waals surface area contributed by atoms with Crippen LogP contribution in [0.15, 0.2) is 16.9 Å². The maximum atomic E-state index is 5.28. The molecule has 0 aliphatic heterocycles. The number of hydrogen-bond donors (Lipinski definition) is 1. The van der Waals surface area contributed by atoms with Crippen molar-refractivity contribution in [2.24, 2.45) is 5.73 Å². The SMILES string of the molecule is NC=Cc1nc(Br)cc(C2CC2)n1. The summed E-state index contributed by atoms with van der Waals surface area (Å²) in [5.74, 6) is 1.32. The van der Waals surface area contributed by atoms with Gasteiger partial charge in [-0.15, -0.1) is 0 Å². The highest BCUT2D eigenvalue weighted by atomic mass is 79.9. The summed E-state index contributed by atoms with van der Waals surface area (Å²) >= 11 is 3.35. The molecule has 0 radical (unpaired) electrons. The Labute approximate surface area is 85.2 Å². The smallest absolute Gasteiger partial charge is 0.154 e. The van der Waals surface area contributed by atoms with Crippen molar-refractivity contribution in [3.05, 3.63) is 28.4 Å². The van der Waals surface area contributed by atoms with Gasteiger partial charge in [-0.05, 0) is 47.1 Å². The molecule has 0 bridgehead atoms. The average Bonchev–Trinajstić information content (AvgIpc) is 2.85. The molecular formula is C9H10BrN3. The third kappa shape index (κ3) is 2.06. The van der Waals surface area contributed by atoms with Crippen molar-refractivity contribution < 1.29 is 0 Å². The second-order valence-electron chi connectivity index (χ2n) is 3.11. The molecule has 1 aromatic rings. The summed E-state index contributed by atoms with van der Waals surface area (Å²) in [5, 5.41) is 0. The maximum absolute atomic E-state index is 5.28. The maximum Gasteiger partial charge on any atom is 0.154 e. The zero-order chi connectivity index (χ0) is 9.26. The van der Waals surface area contributed by atoms with Gasteiger partial charge in [0.25, 0.3) is 0 Å². The van der Waals surface area contributed by atoms with Crippen LogP contribution in [-0.2, 0) is 0 Å². The van der Waals surface area contributed by atoms with Crippen molar-refractivity contribution in [2.45, 2.75) is 18.8 Å². The Hall–Kier alpha value is -0.900. The van der Waals surface area contributed by atoms with Crippen LogP contribution in [0, 0.1) is 0 Å². The molecule has 3 nitrogen and oxygen atoms in total. The lowest BCUT2D eigenvalue weighted by Crippen LogP contribution is -1.94. The Balaban J connectivity index is 2.35. The molecular weight excluding hydrogens is 230 g/mol. The van der Waals surface area contributed by atoms with Crippen LogP contribution >= 0.6 is 15.9 Å². The van der Waals surface area contributed by atoms with Crippen LogP contribution < -0.4 is 5.73 Å². The Morgan fingerprint density at radius 3 is 2.85 bits per heavy atom. The van der Waals surface area contributed by atoms with E-state index in [0.29, 0.717) is 11.7 Å². The number of nitrogens with two attached hydrogens (primary N) is 1. The summed E-state index contributed by atoms with van der Waals surface area (Å²) in [7, 11) is 0. The fourth-order valence-corrected chi connectivity index (χ4v) is 1.62. The highest BCUT2D eigenvalue weighted by Crippen LogP contribution is 2.39. The first-order valence-electron chi connectivity index (χ1n) is 4.22. The monoisotopic (exact) mass is 239 g/mol. The molecule has 1 heterocycles. The molecule has 4 heteroatoms. The summed E-state index contributed by atoms with van der Waals surface area (Å²) < 4.78 is 0.831. The van der Waals surface area contributed by atoms with Crippen molar-refractivity contribution >= 4 is 22.0 Å². The summed E-state index contributed by atoms with van der Waals surface area (Å²) in [6, 6.07) is 1.98. The van der Waals surface area contributed by atoms with E-state index in [-0.39, 0.29) is 0 Å². The van der Waals surface area contributed by atoms with Crippen LogP contribution in [0.3, 0.4) is 0 Å². The van der Waals surface area contributed by atoms with Gasteiger partial charge in [0, 0.05) is 11.6 Å². The topological polar surface area (TPSA) is 51.8 Å². The van der Waals surface area contributed by atoms with Gasteiger partial charge in [0.05, 0.1) is 0 Å². The highest BCUT2D eigenvalue weighted by molar-refractivity contribution is 9.10. The van der Waals surface area contributed by atoms with Crippen LogP contribution in [0.5, 0.6) is 0 Å². The minimum absolute atomic E-state index is 0.643. The van der Waals surface area contributed by atoms with E-state index in [4.69, 9.17) is 5.73 Å². The standard InChI is InChI=1S/C9H10BrN3/c10-8-5-7(6-1-2-6)12-9(13-8)3-4-11/h3-6H,1-2,11H2. The highest BCUT2D eigenvalue weighted by Gasteiger charge is 2.25. The van der Waals surface area contributed by atoms with Crippen LogP contribution in [0.2, 0.25) is 0 Å². The molecule has 1 aliphatic rings. The van der Waals surface area contributed by atoms with Crippen LogP contribution in [0.25, 0.3) is 6.08 Å². The first-order chi connectivity index (χ1) is 6.29. The first-order valence-corrected chi connectivity index (χ1v) is 5.01. The molecule has 1 saturated carbocycles. The Bertz CT molecular complexity index is 345. The molecule has 0 saturated heterocycles. The lowest BCUT2D eigenvalue weighted by atomic mass is 10.3. The number of nitrogens with zero attached hydrogens (tertiary/aromatic N) is 2. The van der Waals surface area contributed by atoms with Gasteiger partial charge in [0.2, 0.25) is 0 Å². The Morgan fingerprint density at radius 2 is 2.23 bits per heavy atom. The van der Waals surface area contributed by atoms with E-state index in [1.54, 1.807) is 6.08 Å². The van der Waals surface area contributed by atoms with E-state index >= 15 is 0 Å². The number of hydrogen-bond acceptors (Lipinski definition) is 3. The fraction of sp³-hybridized carbons (Fsp3) is 0.333. The summed E-state index contributed by atoms with van der Waals surface area (Å²) in [4.78, 5) is 8.55. The molecule has 0 atom stereocenters. The van der Waals surface area contributed by atoms with Crippen molar-refractivity contribution in [3.63, 3.8) is 0 Å². The molecule has 0 aromatic carbocycles. The van der Waals surface area contributed by atoms with Crippen LogP contribution in [0.1, 0.15) is 30.3 Å². The first kappa shape index (κ1) is 8.69. The van der Waals surface area contributed by atoms with E-state index < -0.39 is 0 Å². The van der Waals surface area contributed by atoms with E-state index in [9.17, 15) is 0 Å². The second-order valence-corrected chi connectivity index (χ2v) is 3.92. The van der Waals surface area contributed by atoms with Crippen molar-refractivity contribution in [3.8, 4) is 0 Å². The lowest BCUT2D eigenvalue weighted by molar-refractivity contribution is 0.963. The Morgan fingerprint density at radius 1 is 1.46 bits per heavy atom. The zero-order valence-electron chi connectivity index (χ0n) is 7.07. The third-order valence-corrected chi connectivity index (χ3v) is 2.38. The van der Waals surface area contributed by atoms with Crippen molar-refractivity contribution in [1.82, 2.24) is 9.97 Å². The van der Waals surface area contributed by atoms with Gasteiger partial charge in [0.15, 0.2) is 5.82 Å². The summed E-state index contributed by atoms with van der Waals surface area (Å²) in [5.41, 5.74) is 6.40. The van der Waals surface area contributed by atoms with Crippen molar-refractivity contribution in [2.75, 3.05) is 0 Å². The molecule has 68 valence electrons. The number of aromatic nitrogens is 2. The molecule has 0 unspecified atom stereocenters. The van der Waals surface area contributed by atoms with Gasteiger partial charge < -0.3 is 5.73 Å². The van der Waals surface area contributed by atoms with Gasteiger partial charge in [-0.3, -0.25) is 0 Å². The van der Waals surface area contributed by atoms with E-state index in [1.807, 2.05) is 6.07 Å². The van der Waals surface area contributed by atoms with E-state index in [0.717, 1.165) is 10.3 Å². The number of rotatable bonds is 2. The third-order valence-electron chi connectivity index (χ3n) is 1.97. The second kappa shape index (κ2) is 3.46. The van der Waals surface area contributed by atoms with Gasteiger partial charge in [-0.2, -0.15) is 0 Å². The van der Waals surface area contributed by atoms with Crippen LogP contribution in [-0.4, -0.2) is 9.97 Å². The summed E-state index contributed by atoms with van der Waals surface area (Å²) in [6.07, 6.45) is 5.65. The largest absolute Gasteiger partial charge is 0.404 e. The van der Waals surface area contributed by atoms with E-state index in [1.165, 1.54) is 19.0 Å². The summed E-state index contributed by atoms with van der Waals surface area (Å²) in [6.45, 7) is 0. The molecule has 1 fully saturated rings. The normalized spacial score (nSPS) is 16.7. The zero-order valence-corrected chi connectivity index (χ0v) is 8.66.